The zero-order valence-corrected chi connectivity index (χ0v) is 23.4. The van der Waals surface area contributed by atoms with Crippen LogP contribution in [0.4, 0.5) is 0 Å². The largest absolute Gasteiger partial charge is 0.495 e. The molecule has 2 aliphatic carbocycles. The molecule has 0 N–H and O–H groups in total. The first kappa shape index (κ1) is 23.9. The van der Waals surface area contributed by atoms with Gasteiger partial charge >= 0.3 is 7.12 Å². The van der Waals surface area contributed by atoms with Crippen molar-refractivity contribution >= 4 is 12.6 Å². The second-order valence-electron chi connectivity index (χ2n) is 12.3. The monoisotopic (exact) mass is 518 g/mol. The summed E-state index contributed by atoms with van der Waals surface area (Å²) in [6, 6.07) is 42.2. The van der Waals surface area contributed by atoms with E-state index in [0.717, 1.165) is 5.46 Å². The number of fused-ring (bicyclic) bond motifs is 10. The fourth-order valence-electron chi connectivity index (χ4n) is 7.31. The topological polar surface area (TPSA) is 18.5 Å². The van der Waals surface area contributed by atoms with Crippen LogP contribution in [0.5, 0.6) is 0 Å². The molecule has 8 rings (SSSR count). The Kier molecular flexibility index (Phi) is 4.83. The Morgan fingerprint density at radius 3 is 1.73 bits per heavy atom. The number of hydrogen-bond donors (Lipinski definition) is 0. The fraction of sp³-hybridized carbons (Fsp3) is 0.189. The molecule has 0 saturated carbocycles. The summed E-state index contributed by atoms with van der Waals surface area (Å²) in [7, 11) is -0.459. The van der Waals surface area contributed by atoms with E-state index in [2.05, 4.69) is 143 Å². The Labute approximate surface area is 236 Å². The molecular formula is C37H31BO2. The van der Waals surface area contributed by atoms with Crippen molar-refractivity contribution in [3.8, 4) is 33.4 Å². The average Bonchev–Trinajstić information content (AvgIpc) is 3.53. The Balaban J connectivity index is 1.50. The third kappa shape index (κ3) is 2.92. The Morgan fingerprint density at radius 2 is 1.00 bits per heavy atom. The average molecular weight is 518 g/mol. The summed E-state index contributed by atoms with van der Waals surface area (Å²) < 4.78 is 13.4. The Bertz CT molecular complexity index is 1800. The van der Waals surface area contributed by atoms with Crippen molar-refractivity contribution in [3.63, 3.8) is 0 Å². The lowest BCUT2D eigenvalue weighted by Crippen LogP contribution is -2.42. The van der Waals surface area contributed by atoms with Crippen molar-refractivity contribution in [2.24, 2.45) is 0 Å². The van der Waals surface area contributed by atoms with Crippen LogP contribution in [-0.2, 0) is 14.7 Å². The molecule has 5 aromatic rings. The first-order chi connectivity index (χ1) is 19.3. The summed E-state index contributed by atoms with van der Waals surface area (Å²) in [4.78, 5) is 0. The van der Waals surface area contributed by atoms with Gasteiger partial charge in [-0.1, -0.05) is 115 Å². The first-order valence-corrected chi connectivity index (χ1v) is 14.2. The predicted octanol–water partition coefficient (Wildman–Crippen LogP) is 8.00. The van der Waals surface area contributed by atoms with Crippen molar-refractivity contribution in [3.05, 3.63) is 138 Å². The van der Waals surface area contributed by atoms with Gasteiger partial charge in [-0.2, -0.15) is 0 Å². The molecular weight excluding hydrogens is 487 g/mol. The van der Waals surface area contributed by atoms with E-state index in [-0.39, 0.29) is 0 Å². The maximum atomic E-state index is 6.72. The van der Waals surface area contributed by atoms with E-state index < -0.39 is 23.7 Å². The number of benzene rings is 5. The van der Waals surface area contributed by atoms with Gasteiger partial charge in [-0.05, 0) is 88.8 Å². The second-order valence-corrected chi connectivity index (χ2v) is 12.3. The molecule has 3 aliphatic rings. The summed E-state index contributed by atoms with van der Waals surface area (Å²) in [5.74, 6) is 0. The lowest BCUT2D eigenvalue weighted by Gasteiger charge is -2.32. The standard InChI is InChI=1S/C37H31BO2/c1-35(2)36(3,4)40-38(39-35)32-23-13-19-27-26-16-8-10-20-29(26)37(34(27)32)30-21-11-9-17-28(30)33-25(18-12-22-31(33)37)24-14-6-5-7-15-24/h5-23H,1-4H3. The molecule has 1 spiro atoms. The Morgan fingerprint density at radius 1 is 0.475 bits per heavy atom. The van der Waals surface area contributed by atoms with Crippen molar-refractivity contribution in [2.75, 3.05) is 0 Å². The zero-order chi connectivity index (χ0) is 27.3. The van der Waals surface area contributed by atoms with Crippen LogP contribution in [0.2, 0.25) is 0 Å². The van der Waals surface area contributed by atoms with Crippen LogP contribution in [0.15, 0.2) is 115 Å². The molecule has 1 saturated heterocycles. The van der Waals surface area contributed by atoms with Gasteiger partial charge in [0.15, 0.2) is 0 Å². The van der Waals surface area contributed by atoms with E-state index in [0.29, 0.717) is 0 Å². The minimum absolute atomic E-state index is 0.426. The van der Waals surface area contributed by atoms with Gasteiger partial charge in [0.25, 0.3) is 0 Å². The summed E-state index contributed by atoms with van der Waals surface area (Å²) >= 11 is 0. The van der Waals surface area contributed by atoms with Gasteiger partial charge in [-0.15, -0.1) is 0 Å². The van der Waals surface area contributed by atoms with Crippen LogP contribution in [0.1, 0.15) is 49.9 Å². The van der Waals surface area contributed by atoms with E-state index in [1.165, 1.54) is 55.6 Å². The molecule has 1 aliphatic heterocycles. The van der Waals surface area contributed by atoms with Crippen LogP contribution in [-0.4, -0.2) is 18.3 Å². The van der Waals surface area contributed by atoms with Crippen molar-refractivity contribution < 1.29 is 9.31 Å². The van der Waals surface area contributed by atoms with Crippen LogP contribution in [0.25, 0.3) is 33.4 Å². The third-order valence-corrected chi connectivity index (χ3v) is 9.75. The van der Waals surface area contributed by atoms with Gasteiger partial charge in [-0.25, -0.2) is 0 Å². The van der Waals surface area contributed by atoms with Gasteiger partial charge in [0, 0.05) is 0 Å². The summed E-state index contributed by atoms with van der Waals surface area (Å²) in [6.07, 6.45) is 0. The molecule has 0 amide bonds. The second kappa shape index (κ2) is 8.07. The minimum atomic E-state index is -0.469. The highest BCUT2D eigenvalue weighted by Crippen LogP contribution is 2.63. The summed E-state index contributed by atoms with van der Waals surface area (Å²) in [5.41, 5.74) is 12.7. The molecule has 1 heterocycles. The molecule has 2 nitrogen and oxygen atoms in total. The van der Waals surface area contributed by atoms with Gasteiger partial charge in [0.1, 0.15) is 0 Å². The van der Waals surface area contributed by atoms with E-state index in [4.69, 9.17) is 9.31 Å². The van der Waals surface area contributed by atoms with Crippen molar-refractivity contribution in [1.82, 2.24) is 0 Å². The number of rotatable bonds is 2. The molecule has 40 heavy (non-hydrogen) atoms. The quantitative estimate of drug-likeness (QED) is 0.216. The molecule has 194 valence electrons. The van der Waals surface area contributed by atoms with E-state index in [9.17, 15) is 0 Å². The lowest BCUT2D eigenvalue weighted by atomic mass is 9.63. The van der Waals surface area contributed by atoms with Gasteiger partial charge in [0.05, 0.1) is 16.6 Å². The summed E-state index contributed by atoms with van der Waals surface area (Å²) in [5, 5.41) is 0. The number of hydrogen-bond acceptors (Lipinski definition) is 2. The van der Waals surface area contributed by atoms with E-state index in [1.54, 1.807) is 0 Å². The molecule has 1 unspecified atom stereocenters. The molecule has 0 radical (unpaired) electrons. The third-order valence-electron chi connectivity index (χ3n) is 9.75. The van der Waals surface area contributed by atoms with Crippen LogP contribution in [0.3, 0.4) is 0 Å². The highest BCUT2D eigenvalue weighted by molar-refractivity contribution is 6.63. The van der Waals surface area contributed by atoms with Crippen LogP contribution < -0.4 is 5.46 Å². The molecule has 5 aromatic carbocycles. The van der Waals surface area contributed by atoms with Gasteiger partial charge in [0.2, 0.25) is 0 Å². The SMILES string of the molecule is CC1(C)OB(c2cccc3c2C2(c4ccccc4-3)c3ccccc3-c3c(-c4ccccc4)cccc32)OC1(C)C. The van der Waals surface area contributed by atoms with Crippen LogP contribution in [0, 0.1) is 0 Å². The predicted molar refractivity (Wildman–Crippen MR) is 164 cm³/mol. The molecule has 0 bridgehead atoms. The zero-order valence-electron chi connectivity index (χ0n) is 23.4. The maximum Gasteiger partial charge on any atom is 0.495 e. The maximum absolute atomic E-state index is 6.72. The smallest absolute Gasteiger partial charge is 0.399 e. The van der Waals surface area contributed by atoms with E-state index >= 15 is 0 Å². The molecule has 0 aromatic heterocycles. The molecule has 1 fully saturated rings. The van der Waals surface area contributed by atoms with Crippen molar-refractivity contribution in [2.45, 2.75) is 44.3 Å². The van der Waals surface area contributed by atoms with Crippen molar-refractivity contribution in [1.29, 1.82) is 0 Å². The van der Waals surface area contributed by atoms with E-state index in [1.807, 2.05) is 0 Å². The summed E-state index contributed by atoms with van der Waals surface area (Å²) in [6.45, 7) is 8.53. The minimum Gasteiger partial charge on any atom is -0.399 e. The van der Waals surface area contributed by atoms with Gasteiger partial charge < -0.3 is 9.31 Å². The Hall–Kier alpha value is -3.92. The first-order valence-electron chi connectivity index (χ1n) is 14.2. The van der Waals surface area contributed by atoms with Crippen LogP contribution >= 0.6 is 0 Å². The fourth-order valence-corrected chi connectivity index (χ4v) is 7.31. The highest BCUT2D eigenvalue weighted by atomic mass is 16.7. The lowest BCUT2D eigenvalue weighted by molar-refractivity contribution is 0.00578. The normalized spacial score (nSPS) is 20.8. The highest BCUT2D eigenvalue weighted by Gasteiger charge is 2.57. The van der Waals surface area contributed by atoms with Gasteiger partial charge in [-0.3, -0.25) is 0 Å². The molecule has 1 atom stereocenters. The molecule has 3 heteroatoms.